The summed E-state index contributed by atoms with van der Waals surface area (Å²) in [7, 11) is 0. The van der Waals surface area contributed by atoms with Crippen molar-refractivity contribution in [2.45, 2.75) is 82.7 Å². The van der Waals surface area contributed by atoms with Gasteiger partial charge >= 0.3 is 0 Å². The van der Waals surface area contributed by atoms with E-state index in [4.69, 9.17) is 14.6 Å². The van der Waals surface area contributed by atoms with Gasteiger partial charge in [0.25, 0.3) is 0 Å². The first-order chi connectivity index (χ1) is 11.2. The average molecular weight is 330 g/mol. The van der Waals surface area contributed by atoms with Gasteiger partial charge in [0.2, 0.25) is 0 Å². The van der Waals surface area contributed by atoms with Gasteiger partial charge in [0, 0.05) is 6.61 Å². The normalized spacial score (nSPS) is 28.5. The highest BCUT2D eigenvalue weighted by atomic mass is 16.6. The van der Waals surface area contributed by atoms with Crippen molar-refractivity contribution in [1.82, 2.24) is 0 Å². The zero-order valence-corrected chi connectivity index (χ0v) is 14.4. The smallest absolute Gasteiger partial charge is 0.114 e. The number of unbranched alkanes of at least 4 members (excludes halogenated alkanes) is 6. The fraction of sp³-hybridized carbons (Fsp3) is 0.889. The maximum absolute atomic E-state index is 9.98. The molecule has 23 heavy (non-hydrogen) atoms. The van der Waals surface area contributed by atoms with Crippen LogP contribution in [0.25, 0.3) is 0 Å². The van der Waals surface area contributed by atoms with Crippen LogP contribution in [0, 0.1) is 0 Å². The Morgan fingerprint density at radius 3 is 2.43 bits per heavy atom. The van der Waals surface area contributed by atoms with Gasteiger partial charge in [-0.15, -0.1) is 0 Å². The number of aliphatic hydroxyl groups excluding tert-OH is 3. The van der Waals surface area contributed by atoms with E-state index in [2.05, 4.69) is 19.1 Å². The Labute approximate surface area is 140 Å². The van der Waals surface area contributed by atoms with Gasteiger partial charge in [-0.2, -0.15) is 0 Å². The molecule has 5 nitrogen and oxygen atoms in total. The predicted octanol–water partition coefficient (Wildman–Crippen LogP) is 2.18. The molecule has 0 aromatic heterocycles. The van der Waals surface area contributed by atoms with E-state index < -0.39 is 24.4 Å². The van der Waals surface area contributed by atoms with E-state index in [9.17, 15) is 10.2 Å². The van der Waals surface area contributed by atoms with Crippen LogP contribution < -0.4 is 0 Å². The molecular weight excluding hydrogens is 296 g/mol. The number of hydrogen-bond acceptors (Lipinski definition) is 5. The third kappa shape index (κ3) is 8.27. The van der Waals surface area contributed by atoms with Crippen LogP contribution >= 0.6 is 0 Å². The minimum absolute atomic E-state index is 0.0946. The van der Waals surface area contributed by atoms with Crippen LogP contribution in [0.5, 0.6) is 0 Å². The van der Waals surface area contributed by atoms with Crippen LogP contribution in [0.3, 0.4) is 0 Å². The van der Waals surface area contributed by atoms with Gasteiger partial charge in [0.15, 0.2) is 0 Å². The predicted molar refractivity (Wildman–Crippen MR) is 90.3 cm³/mol. The van der Waals surface area contributed by atoms with Crippen molar-refractivity contribution in [3.05, 3.63) is 12.2 Å². The van der Waals surface area contributed by atoms with E-state index in [-0.39, 0.29) is 13.2 Å². The molecule has 0 unspecified atom stereocenters. The summed E-state index contributed by atoms with van der Waals surface area (Å²) in [5.41, 5.74) is 0. The molecule has 0 saturated carbocycles. The molecule has 0 amide bonds. The van der Waals surface area contributed by atoms with Crippen LogP contribution in [0.1, 0.15) is 58.3 Å². The summed E-state index contributed by atoms with van der Waals surface area (Å²) in [5, 5.41) is 28.9. The van der Waals surface area contributed by atoms with Crippen molar-refractivity contribution < 1.29 is 24.8 Å². The van der Waals surface area contributed by atoms with E-state index in [1.165, 1.54) is 32.1 Å². The van der Waals surface area contributed by atoms with Crippen molar-refractivity contribution in [1.29, 1.82) is 0 Å². The molecule has 0 aromatic carbocycles. The van der Waals surface area contributed by atoms with E-state index in [0.717, 1.165) is 19.3 Å². The monoisotopic (exact) mass is 330 g/mol. The number of aliphatic hydroxyl groups is 3. The molecule has 0 radical (unpaired) electrons. The van der Waals surface area contributed by atoms with Gasteiger partial charge in [0.05, 0.1) is 13.2 Å². The molecular formula is C18H34O5. The average Bonchev–Trinajstić information content (AvgIpc) is 2.55. The van der Waals surface area contributed by atoms with Crippen LogP contribution in [-0.2, 0) is 9.47 Å². The Morgan fingerprint density at radius 1 is 1.04 bits per heavy atom. The molecule has 1 saturated heterocycles. The second-order valence-corrected chi connectivity index (χ2v) is 6.26. The highest BCUT2D eigenvalue weighted by molar-refractivity contribution is 4.87. The van der Waals surface area contributed by atoms with Crippen molar-refractivity contribution in [3.8, 4) is 0 Å². The highest BCUT2D eigenvalue weighted by Crippen LogP contribution is 2.19. The van der Waals surface area contributed by atoms with Crippen LogP contribution in [0.4, 0.5) is 0 Å². The molecule has 0 spiro atoms. The molecule has 1 aliphatic heterocycles. The third-order valence-corrected chi connectivity index (χ3v) is 4.22. The lowest BCUT2D eigenvalue weighted by molar-refractivity contribution is -0.210. The standard InChI is InChI=1S/C18H34O5/c1-2-3-4-5-6-7-8-9-10-11-12-22-18-15(20)14-23-16(13-19)17(18)21/h5-6,15-21H,2-4,7-14H2,1H3/b6-5+/t15-,16+,17+,18+/m0/s1. The van der Waals surface area contributed by atoms with Gasteiger partial charge in [-0.25, -0.2) is 0 Å². The second kappa shape index (κ2) is 12.9. The lowest BCUT2D eigenvalue weighted by atomic mass is 10.0. The minimum Gasteiger partial charge on any atom is -0.394 e. The first-order valence-electron chi connectivity index (χ1n) is 9.05. The SMILES string of the molecule is CCCC/C=C/CCCCCCO[C@H]1[C@H](O)[C@@H](CO)OC[C@@H]1O. The molecule has 1 heterocycles. The van der Waals surface area contributed by atoms with Gasteiger partial charge in [-0.1, -0.05) is 44.8 Å². The summed E-state index contributed by atoms with van der Waals surface area (Å²) in [4.78, 5) is 0. The molecule has 136 valence electrons. The summed E-state index contributed by atoms with van der Waals surface area (Å²) < 4.78 is 10.8. The van der Waals surface area contributed by atoms with E-state index in [1.807, 2.05) is 0 Å². The van der Waals surface area contributed by atoms with Crippen molar-refractivity contribution in [2.24, 2.45) is 0 Å². The van der Waals surface area contributed by atoms with Gasteiger partial charge in [-0.3, -0.25) is 0 Å². The third-order valence-electron chi connectivity index (χ3n) is 4.22. The topological polar surface area (TPSA) is 79.2 Å². The molecule has 0 aromatic rings. The Bertz CT molecular complexity index is 308. The van der Waals surface area contributed by atoms with Gasteiger partial charge in [-0.05, 0) is 25.7 Å². The number of ether oxygens (including phenoxy) is 2. The zero-order chi connectivity index (χ0) is 16.9. The first kappa shape index (κ1) is 20.6. The molecule has 3 N–H and O–H groups in total. The fourth-order valence-electron chi connectivity index (χ4n) is 2.72. The summed E-state index contributed by atoms with van der Waals surface area (Å²) in [6.45, 7) is 2.55. The largest absolute Gasteiger partial charge is 0.394 e. The van der Waals surface area contributed by atoms with Crippen molar-refractivity contribution >= 4 is 0 Å². The quantitative estimate of drug-likeness (QED) is 0.377. The first-order valence-corrected chi connectivity index (χ1v) is 9.05. The molecule has 1 aliphatic rings. The Kier molecular flexibility index (Phi) is 11.5. The molecule has 1 rings (SSSR count). The van der Waals surface area contributed by atoms with Gasteiger partial charge < -0.3 is 24.8 Å². The summed E-state index contributed by atoms with van der Waals surface area (Å²) in [6.07, 6.45) is 10.6. The number of hydrogen-bond donors (Lipinski definition) is 3. The van der Waals surface area contributed by atoms with Crippen LogP contribution in [0.15, 0.2) is 12.2 Å². The zero-order valence-electron chi connectivity index (χ0n) is 14.4. The maximum Gasteiger partial charge on any atom is 0.114 e. The fourth-order valence-corrected chi connectivity index (χ4v) is 2.72. The number of rotatable bonds is 12. The molecule has 5 heteroatoms. The van der Waals surface area contributed by atoms with Crippen molar-refractivity contribution in [2.75, 3.05) is 19.8 Å². The minimum atomic E-state index is -0.975. The lowest BCUT2D eigenvalue weighted by Crippen LogP contribution is -2.55. The summed E-state index contributed by atoms with van der Waals surface area (Å²) in [6, 6.07) is 0. The second-order valence-electron chi connectivity index (χ2n) is 6.26. The van der Waals surface area contributed by atoms with E-state index in [1.54, 1.807) is 0 Å². The highest BCUT2D eigenvalue weighted by Gasteiger charge is 2.38. The molecule has 1 fully saturated rings. The molecule has 0 bridgehead atoms. The van der Waals surface area contributed by atoms with Crippen LogP contribution in [0.2, 0.25) is 0 Å². The summed E-state index contributed by atoms with van der Waals surface area (Å²) >= 11 is 0. The van der Waals surface area contributed by atoms with E-state index in [0.29, 0.717) is 6.61 Å². The van der Waals surface area contributed by atoms with Gasteiger partial charge in [0.1, 0.15) is 24.4 Å². The van der Waals surface area contributed by atoms with Crippen molar-refractivity contribution in [3.63, 3.8) is 0 Å². The summed E-state index contributed by atoms with van der Waals surface area (Å²) in [5.74, 6) is 0. The Morgan fingerprint density at radius 2 is 1.74 bits per heavy atom. The Hall–Kier alpha value is -0.460. The van der Waals surface area contributed by atoms with Crippen LogP contribution in [-0.4, -0.2) is 59.6 Å². The van der Waals surface area contributed by atoms with E-state index >= 15 is 0 Å². The lowest BCUT2D eigenvalue weighted by Gasteiger charge is -2.37. The molecule has 4 atom stereocenters. The Balaban J connectivity index is 2.02. The maximum atomic E-state index is 9.98. The number of allylic oxidation sites excluding steroid dienone is 2. The molecule has 0 aliphatic carbocycles.